The van der Waals surface area contributed by atoms with Gasteiger partial charge in [0.05, 0.1) is 12.3 Å². The first-order chi connectivity index (χ1) is 6.77. The van der Waals surface area contributed by atoms with Crippen molar-refractivity contribution in [2.45, 2.75) is 19.4 Å². The van der Waals surface area contributed by atoms with E-state index in [9.17, 15) is 0 Å². The highest BCUT2D eigenvalue weighted by Gasteiger charge is 2.09. The van der Waals surface area contributed by atoms with Crippen molar-refractivity contribution in [1.29, 1.82) is 0 Å². The predicted molar refractivity (Wildman–Crippen MR) is 52.3 cm³/mol. The second-order valence-corrected chi connectivity index (χ2v) is 3.45. The summed E-state index contributed by atoms with van der Waals surface area (Å²) in [5, 5.41) is 10.1. The molecule has 2 rings (SSSR count). The maximum atomic E-state index is 5.24. The van der Waals surface area contributed by atoms with Gasteiger partial charge in [0.15, 0.2) is 0 Å². The maximum Gasteiger partial charge on any atom is 0.238 e. The van der Waals surface area contributed by atoms with Gasteiger partial charge in [-0.05, 0) is 31.3 Å². The van der Waals surface area contributed by atoms with Crippen LogP contribution in [0.4, 0.5) is 0 Å². The second-order valence-electron chi connectivity index (χ2n) is 3.09. The zero-order chi connectivity index (χ0) is 9.97. The Hall–Kier alpha value is -1.43. The largest absolute Gasteiger partial charge is 0.469 e. The molecular formula is C8H10N4OS. The van der Waals surface area contributed by atoms with E-state index >= 15 is 0 Å². The van der Waals surface area contributed by atoms with Gasteiger partial charge in [0.1, 0.15) is 5.76 Å². The molecule has 0 aliphatic heterocycles. The Balaban J connectivity index is 2.14. The Morgan fingerprint density at radius 2 is 2.57 bits per heavy atom. The monoisotopic (exact) mass is 210 g/mol. The molecule has 2 aromatic heterocycles. The van der Waals surface area contributed by atoms with Gasteiger partial charge in [0.2, 0.25) is 4.77 Å². The number of aromatic nitrogens is 4. The molecule has 0 aliphatic rings. The third-order valence-electron chi connectivity index (χ3n) is 2.01. The van der Waals surface area contributed by atoms with E-state index in [2.05, 4.69) is 15.5 Å². The summed E-state index contributed by atoms with van der Waals surface area (Å²) in [5.41, 5.74) is 0. The number of nitrogens with one attached hydrogen (secondary N) is 1. The number of hydrogen-bond donors (Lipinski definition) is 1. The Kier molecular flexibility index (Phi) is 2.45. The molecule has 1 unspecified atom stereocenters. The lowest BCUT2D eigenvalue weighted by molar-refractivity contribution is 0.416. The molecule has 2 aromatic rings. The molecule has 0 aromatic carbocycles. The zero-order valence-corrected chi connectivity index (χ0v) is 8.49. The molecule has 0 aliphatic carbocycles. The van der Waals surface area contributed by atoms with Crippen LogP contribution in [0.25, 0.3) is 0 Å². The van der Waals surface area contributed by atoms with Gasteiger partial charge in [-0.25, -0.2) is 4.68 Å². The summed E-state index contributed by atoms with van der Waals surface area (Å²) in [6, 6.07) is 3.97. The van der Waals surface area contributed by atoms with Crippen LogP contribution in [0, 0.1) is 4.77 Å². The van der Waals surface area contributed by atoms with Gasteiger partial charge in [-0.2, -0.15) is 5.21 Å². The molecule has 74 valence electrons. The smallest absolute Gasteiger partial charge is 0.238 e. The SMILES string of the molecule is CC(Cc1ccco1)n1[nH]nnc1=S. The zero-order valence-electron chi connectivity index (χ0n) is 7.67. The summed E-state index contributed by atoms with van der Waals surface area (Å²) in [4.78, 5) is 0. The molecular weight excluding hydrogens is 200 g/mol. The van der Waals surface area contributed by atoms with Crippen LogP contribution in [0.5, 0.6) is 0 Å². The van der Waals surface area contributed by atoms with E-state index in [0.717, 1.165) is 12.2 Å². The lowest BCUT2D eigenvalue weighted by atomic mass is 10.2. The molecule has 0 saturated carbocycles. The van der Waals surface area contributed by atoms with Gasteiger partial charge in [0.25, 0.3) is 0 Å². The molecule has 5 nitrogen and oxygen atoms in total. The van der Waals surface area contributed by atoms with Crippen molar-refractivity contribution >= 4 is 12.2 Å². The van der Waals surface area contributed by atoms with Crippen molar-refractivity contribution in [3.8, 4) is 0 Å². The number of furan rings is 1. The highest BCUT2D eigenvalue weighted by Crippen LogP contribution is 2.12. The first-order valence-electron chi connectivity index (χ1n) is 4.29. The molecule has 0 amide bonds. The minimum absolute atomic E-state index is 0.170. The minimum Gasteiger partial charge on any atom is -0.469 e. The second kappa shape index (κ2) is 3.75. The topological polar surface area (TPSA) is 59.6 Å². The van der Waals surface area contributed by atoms with Gasteiger partial charge in [-0.3, -0.25) is 0 Å². The van der Waals surface area contributed by atoms with E-state index in [4.69, 9.17) is 16.6 Å². The van der Waals surface area contributed by atoms with E-state index in [1.54, 1.807) is 10.9 Å². The average Bonchev–Trinajstić information content (AvgIpc) is 2.75. The fourth-order valence-corrected chi connectivity index (χ4v) is 1.56. The summed E-state index contributed by atoms with van der Waals surface area (Å²) < 4.78 is 7.44. The van der Waals surface area contributed by atoms with Crippen molar-refractivity contribution in [1.82, 2.24) is 20.2 Å². The molecule has 6 heteroatoms. The molecule has 2 heterocycles. The van der Waals surface area contributed by atoms with E-state index < -0.39 is 0 Å². The number of tetrazole rings is 1. The molecule has 0 spiro atoms. The molecule has 14 heavy (non-hydrogen) atoms. The third kappa shape index (κ3) is 1.74. The minimum atomic E-state index is 0.170. The Bertz CT molecular complexity index is 444. The summed E-state index contributed by atoms with van der Waals surface area (Å²) in [7, 11) is 0. The van der Waals surface area contributed by atoms with Crippen LogP contribution in [-0.2, 0) is 6.42 Å². The first kappa shape index (κ1) is 9.14. The fraction of sp³-hybridized carbons (Fsp3) is 0.375. The summed E-state index contributed by atoms with van der Waals surface area (Å²) in [5.74, 6) is 0.925. The predicted octanol–water partition coefficient (Wildman–Crippen LogP) is 1.73. The van der Waals surface area contributed by atoms with E-state index in [1.165, 1.54) is 0 Å². The number of hydrogen-bond acceptors (Lipinski definition) is 4. The van der Waals surface area contributed by atoms with Crippen molar-refractivity contribution in [2.75, 3.05) is 0 Å². The van der Waals surface area contributed by atoms with Crippen molar-refractivity contribution < 1.29 is 4.42 Å². The molecule has 1 N–H and O–H groups in total. The molecule has 0 radical (unpaired) electrons. The average molecular weight is 210 g/mol. The highest BCUT2D eigenvalue weighted by atomic mass is 32.1. The molecule has 0 bridgehead atoms. The molecule has 0 fully saturated rings. The van der Waals surface area contributed by atoms with Crippen LogP contribution in [0.15, 0.2) is 22.8 Å². The summed E-state index contributed by atoms with van der Waals surface area (Å²) in [6.07, 6.45) is 2.43. The lowest BCUT2D eigenvalue weighted by Crippen LogP contribution is -2.09. The number of rotatable bonds is 3. The Morgan fingerprint density at radius 3 is 3.14 bits per heavy atom. The Labute approximate surface area is 85.7 Å². The Morgan fingerprint density at radius 1 is 1.71 bits per heavy atom. The van der Waals surface area contributed by atoms with Gasteiger partial charge < -0.3 is 4.42 Å². The number of H-pyrrole nitrogens is 1. The van der Waals surface area contributed by atoms with Gasteiger partial charge in [-0.15, -0.1) is 0 Å². The molecule has 1 atom stereocenters. The quantitative estimate of drug-likeness (QED) is 0.784. The third-order valence-corrected chi connectivity index (χ3v) is 2.29. The number of aromatic amines is 1. The highest BCUT2D eigenvalue weighted by molar-refractivity contribution is 7.71. The molecule has 0 saturated heterocycles. The van der Waals surface area contributed by atoms with Gasteiger partial charge in [-0.1, -0.05) is 10.3 Å². The van der Waals surface area contributed by atoms with Gasteiger partial charge in [0, 0.05) is 6.42 Å². The van der Waals surface area contributed by atoms with Crippen LogP contribution in [0.2, 0.25) is 0 Å². The van der Waals surface area contributed by atoms with Crippen LogP contribution in [0.1, 0.15) is 18.7 Å². The maximum absolute atomic E-state index is 5.24. The van der Waals surface area contributed by atoms with Crippen LogP contribution in [0.3, 0.4) is 0 Å². The fourth-order valence-electron chi connectivity index (χ4n) is 1.30. The van der Waals surface area contributed by atoms with Crippen LogP contribution >= 0.6 is 12.2 Å². The van der Waals surface area contributed by atoms with E-state index in [0.29, 0.717) is 4.77 Å². The van der Waals surface area contributed by atoms with Crippen LogP contribution in [-0.4, -0.2) is 20.2 Å². The first-order valence-corrected chi connectivity index (χ1v) is 4.70. The van der Waals surface area contributed by atoms with E-state index in [-0.39, 0.29) is 6.04 Å². The van der Waals surface area contributed by atoms with Crippen molar-refractivity contribution in [3.63, 3.8) is 0 Å². The summed E-state index contributed by atoms with van der Waals surface area (Å²) >= 11 is 4.98. The van der Waals surface area contributed by atoms with Crippen LogP contribution < -0.4 is 0 Å². The van der Waals surface area contributed by atoms with Crippen molar-refractivity contribution in [3.05, 3.63) is 28.9 Å². The summed E-state index contributed by atoms with van der Waals surface area (Å²) in [6.45, 7) is 2.03. The lowest BCUT2D eigenvalue weighted by Gasteiger charge is -2.08. The normalized spacial score (nSPS) is 12.9. The van der Waals surface area contributed by atoms with E-state index in [1.807, 2.05) is 19.1 Å². The van der Waals surface area contributed by atoms with Gasteiger partial charge >= 0.3 is 0 Å². The number of nitrogens with zero attached hydrogens (tertiary/aromatic N) is 3. The van der Waals surface area contributed by atoms with Crippen molar-refractivity contribution in [2.24, 2.45) is 0 Å². The standard InChI is InChI=1S/C8H10N4OS/c1-6(5-7-3-2-4-13-7)12-8(14)9-10-11-12/h2-4,6H,5H2,1H3,(H,9,11,14).